The molecule has 0 aliphatic carbocycles. The Morgan fingerprint density at radius 3 is 2.75 bits per heavy atom. The molecule has 1 aliphatic rings. The van der Waals surface area contributed by atoms with Crippen molar-refractivity contribution in [1.29, 1.82) is 0 Å². The lowest BCUT2D eigenvalue weighted by molar-refractivity contribution is -0.677. The van der Waals surface area contributed by atoms with Gasteiger partial charge in [0.05, 0.1) is 19.8 Å². The lowest BCUT2D eigenvalue weighted by Crippen LogP contribution is -2.85. The summed E-state index contributed by atoms with van der Waals surface area (Å²) in [4.78, 5) is 0. The zero-order valence-corrected chi connectivity index (χ0v) is 15.4. The highest BCUT2D eigenvalue weighted by molar-refractivity contribution is 5.42. The highest BCUT2D eigenvalue weighted by Gasteiger charge is 2.35. The largest absolute Gasteiger partial charge is 0.493 e. The third kappa shape index (κ3) is 4.85. The van der Waals surface area contributed by atoms with Gasteiger partial charge in [0.15, 0.2) is 11.5 Å². The highest BCUT2D eigenvalue weighted by atomic mass is 16.5. The van der Waals surface area contributed by atoms with E-state index in [1.807, 2.05) is 18.2 Å². The molecule has 0 aromatic heterocycles. The first kappa shape index (κ1) is 19.0. The smallest absolute Gasteiger partial charge is 0.161 e. The second kappa shape index (κ2) is 8.70. The van der Waals surface area contributed by atoms with Gasteiger partial charge in [0.25, 0.3) is 0 Å². The zero-order valence-electron chi connectivity index (χ0n) is 15.4. The minimum absolute atomic E-state index is 0.0761. The molecule has 0 spiro atoms. The van der Waals surface area contributed by atoms with Crippen LogP contribution in [0.2, 0.25) is 0 Å². The summed E-state index contributed by atoms with van der Waals surface area (Å²) in [7, 11) is 3.28. The van der Waals surface area contributed by atoms with E-state index in [4.69, 9.17) is 14.2 Å². The minimum atomic E-state index is -0.292. The summed E-state index contributed by atoms with van der Waals surface area (Å²) in [6, 6.07) is 5.95. The Balaban J connectivity index is 1.83. The van der Waals surface area contributed by atoms with Gasteiger partial charge in [-0.15, -0.1) is 0 Å². The van der Waals surface area contributed by atoms with Crippen LogP contribution in [-0.4, -0.2) is 44.2 Å². The first-order valence-corrected chi connectivity index (χ1v) is 8.86. The Bertz CT molecular complexity index is 522. The van der Waals surface area contributed by atoms with E-state index in [0.29, 0.717) is 12.5 Å². The molecule has 1 aromatic carbocycles. The second-order valence-corrected chi connectivity index (χ2v) is 6.89. The molecule has 5 nitrogen and oxygen atoms in total. The van der Waals surface area contributed by atoms with Crippen molar-refractivity contribution >= 4 is 0 Å². The van der Waals surface area contributed by atoms with E-state index in [9.17, 15) is 5.11 Å². The molecule has 0 radical (unpaired) electrons. The Kier molecular flexibility index (Phi) is 6.90. The monoisotopic (exact) mass is 338 g/mol. The number of benzene rings is 1. The molecule has 3 N–H and O–H groups in total. The highest BCUT2D eigenvalue weighted by Crippen LogP contribution is 2.33. The Morgan fingerprint density at radius 1 is 1.33 bits per heavy atom. The number of nitrogens with two attached hydrogens (primary N) is 1. The van der Waals surface area contributed by atoms with Gasteiger partial charge in [-0.25, -0.2) is 0 Å². The van der Waals surface area contributed by atoms with Crippen LogP contribution in [0.25, 0.3) is 0 Å². The molecule has 1 saturated heterocycles. The van der Waals surface area contributed by atoms with Gasteiger partial charge in [0.2, 0.25) is 0 Å². The molecule has 3 atom stereocenters. The first-order chi connectivity index (χ1) is 11.5. The molecule has 5 heteroatoms. The molecule has 0 unspecified atom stereocenters. The summed E-state index contributed by atoms with van der Waals surface area (Å²) >= 11 is 0. The Hall–Kier alpha value is -1.30. The summed E-state index contributed by atoms with van der Waals surface area (Å²) in [6.07, 6.45) is 2.58. The summed E-state index contributed by atoms with van der Waals surface area (Å²) in [6.45, 7) is 6.57. The van der Waals surface area contributed by atoms with E-state index in [1.165, 1.54) is 0 Å². The molecule has 24 heavy (non-hydrogen) atoms. The topological polar surface area (TPSA) is 64.5 Å². The standard InChI is InChI=1S/C19H31NO4/c1-5-19(2)11-15(8-9-24-19)16(21)13-20-12-14-6-7-17(22-3)18(10-14)23-4/h6-7,10,15-16,20-21H,5,8-9,11-13H2,1-4H3/p+1/t15-,16+,19+/m0/s1. The molecule has 1 fully saturated rings. The number of hydrogen-bond acceptors (Lipinski definition) is 4. The van der Waals surface area contributed by atoms with Gasteiger partial charge in [-0.3, -0.25) is 0 Å². The van der Waals surface area contributed by atoms with E-state index in [2.05, 4.69) is 19.2 Å². The quantitative estimate of drug-likeness (QED) is 0.758. The van der Waals surface area contributed by atoms with Crippen molar-refractivity contribution in [2.24, 2.45) is 5.92 Å². The fourth-order valence-electron chi connectivity index (χ4n) is 3.37. The van der Waals surface area contributed by atoms with Crippen LogP contribution in [0.4, 0.5) is 0 Å². The summed E-state index contributed by atoms with van der Waals surface area (Å²) in [5.41, 5.74) is 1.08. The van der Waals surface area contributed by atoms with Crippen LogP contribution in [0.1, 0.15) is 38.7 Å². The van der Waals surface area contributed by atoms with E-state index < -0.39 is 0 Å². The maximum atomic E-state index is 10.5. The molecule has 0 bridgehead atoms. The molecule has 1 aliphatic heterocycles. The van der Waals surface area contributed by atoms with Gasteiger partial charge in [-0.05, 0) is 50.3 Å². The van der Waals surface area contributed by atoms with Gasteiger partial charge in [0, 0.05) is 12.2 Å². The molecule has 136 valence electrons. The normalized spacial score (nSPS) is 25.3. The molecule has 1 heterocycles. The summed E-state index contributed by atoms with van der Waals surface area (Å²) < 4.78 is 16.5. The van der Waals surface area contributed by atoms with Crippen molar-refractivity contribution in [3.8, 4) is 11.5 Å². The number of quaternary nitrogens is 1. The van der Waals surface area contributed by atoms with Crippen molar-refractivity contribution in [1.82, 2.24) is 0 Å². The van der Waals surface area contributed by atoms with Gasteiger partial charge in [-0.2, -0.15) is 0 Å². The molecule has 0 amide bonds. The predicted octanol–water partition coefficient (Wildman–Crippen LogP) is 1.72. The summed E-state index contributed by atoms with van der Waals surface area (Å²) in [5.74, 6) is 1.81. The van der Waals surface area contributed by atoms with Crippen molar-refractivity contribution in [3.05, 3.63) is 23.8 Å². The zero-order chi connectivity index (χ0) is 17.6. The van der Waals surface area contributed by atoms with Gasteiger partial charge >= 0.3 is 0 Å². The number of rotatable bonds is 8. The van der Waals surface area contributed by atoms with Crippen LogP contribution < -0.4 is 14.8 Å². The average Bonchev–Trinajstić information content (AvgIpc) is 2.61. The van der Waals surface area contributed by atoms with Crippen molar-refractivity contribution in [2.75, 3.05) is 27.4 Å². The number of aliphatic hydroxyl groups is 1. The number of ether oxygens (including phenoxy) is 3. The van der Waals surface area contributed by atoms with Gasteiger partial charge < -0.3 is 24.6 Å². The van der Waals surface area contributed by atoms with Crippen LogP contribution in [0.3, 0.4) is 0 Å². The second-order valence-electron chi connectivity index (χ2n) is 6.89. The fraction of sp³-hybridized carbons (Fsp3) is 0.684. The summed E-state index contributed by atoms with van der Waals surface area (Å²) in [5, 5.41) is 12.7. The third-order valence-corrected chi connectivity index (χ3v) is 5.16. The number of methoxy groups -OCH3 is 2. The van der Waals surface area contributed by atoms with E-state index >= 15 is 0 Å². The maximum Gasteiger partial charge on any atom is 0.161 e. The Morgan fingerprint density at radius 2 is 2.08 bits per heavy atom. The Labute approximate surface area is 145 Å². The molecular weight excluding hydrogens is 306 g/mol. The van der Waals surface area contributed by atoms with Gasteiger partial charge in [-0.1, -0.05) is 6.92 Å². The van der Waals surface area contributed by atoms with Crippen LogP contribution in [0.15, 0.2) is 18.2 Å². The average molecular weight is 338 g/mol. The van der Waals surface area contributed by atoms with Crippen molar-refractivity contribution in [3.63, 3.8) is 0 Å². The van der Waals surface area contributed by atoms with Crippen LogP contribution in [0, 0.1) is 5.92 Å². The third-order valence-electron chi connectivity index (χ3n) is 5.16. The lowest BCUT2D eigenvalue weighted by atomic mass is 9.82. The molecular formula is C19H32NO4+. The molecule has 0 saturated carbocycles. The number of hydrogen-bond donors (Lipinski definition) is 2. The van der Waals surface area contributed by atoms with Crippen molar-refractivity contribution in [2.45, 2.75) is 51.4 Å². The SMILES string of the molecule is CC[C@]1(C)C[C@@H]([C@H](O)C[NH2+]Cc2ccc(OC)c(OC)c2)CCO1. The van der Waals surface area contributed by atoms with E-state index in [-0.39, 0.29) is 11.7 Å². The van der Waals surface area contributed by atoms with E-state index in [1.54, 1.807) is 14.2 Å². The molecule has 1 aromatic rings. The maximum absolute atomic E-state index is 10.5. The lowest BCUT2D eigenvalue weighted by Gasteiger charge is -2.39. The number of aliphatic hydroxyl groups excluding tert-OH is 1. The van der Waals surface area contributed by atoms with Crippen molar-refractivity contribution < 1.29 is 24.6 Å². The first-order valence-electron chi connectivity index (χ1n) is 8.86. The fourth-order valence-corrected chi connectivity index (χ4v) is 3.37. The van der Waals surface area contributed by atoms with Crippen LogP contribution >= 0.6 is 0 Å². The van der Waals surface area contributed by atoms with Crippen LogP contribution in [0.5, 0.6) is 11.5 Å². The van der Waals surface area contributed by atoms with Gasteiger partial charge in [0.1, 0.15) is 19.2 Å². The minimum Gasteiger partial charge on any atom is -0.493 e. The predicted molar refractivity (Wildman–Crippen MR) is 93.4 cm³/mol. The van der Waals surface area contributed by atoms with Crippen LogP contribution in [-0.2, 0) is 11.3 Å². The molecule has 2 rings (SSSR count). The van der Waals surface area contributed by atoms with E-state index in [0.717, 1.165) is 49.5 Å².